The lowest BCUT2D eigenvalue weighted by atomic mass is 9.87. The first-order valence-corrected chi connectivity index (χ1v) is 26.0. The van der Waals surface area contributed by atoms with Gasteiger partial charge >= 0.3 is 11.5 Å². The molecule has 0 N–H and O–H groups in total. The molecule has 0 fully saturated rings. The molecule has 0 amide bonds. The van der Waals surface area contributed by atoms with Gasteiger partial charge in [0.15, 0.2) is 39.5 Å². The minimum atomic E-state index is -6.09. The third-order valence-electron chi connectivity index (χ3n) is 10.9. The summed E-state index contributed by atoms with van der Waals surface area (Å²) in [4.78, 5) is 30.7. The van der Waals surface area contributed by atoms with Crippen molar-refractivity contribution in [1.82, 2.24) is 0 Å². The molecule has 0 bridgehead atoms. The van der Waals surface area contributed by atoms with E-state index in [2.05, 4.69) is 180 Å². The predicted octanol–water partition coefficient (Wildman–Crippen LogP) is 13.6. The second kappa shape index (κ2) is 23.3. The number of methoxy groups -OCH3 is 1. The molecule has 0 aromatic heterocycles. The molecule has 0 aliphatic rings. The van der Waals surface area contributed by atoms with Gasteiger partial charge in [-0.15, -0.1) is 0 Å². The lowest BCUT2D eigenvalue weighted by molar-refractivity contribution is -0.255. The smallest absolute Gasteiger partial charge is 0.485 e. The molecule has 0 aliphatic carbocycles. The molecule has 0 heterocycles. The molecule has 0 radical (unpaired) electrons. The SMILES string of the molecule is C.CC(C)(C)c1ccc([S+](c2ccc(C(C)(C)C)cc2)c2ccccc2C(=O)[O-])cc1.COC(=O)c1ccccc1[S+](c1ccc(C(C)(C)C)cc1)c1ccc(C(C)(C)C)cc1.O=S(=O)([O-])C(F)(F)F. The fourth-order valence-electron chi connectivity index (χ4n) is 6.88. The molecule has 7 nitrogen and oxygen atoms in total. The summed E-state index contributed by atoms with van der Waals surface area (Å²) in [5.41, 5.74) is 0.639. The van der Waals surface area contributed by atoms with Crippen LogP contribution in [0.25, 0.3) is 0 Å². The van der Waals surface area contributed by atoms with Crippen LogP contribution in [-0.2, 0) is 58.3 Å². The number of hydrogen-bond donors (Lipinski definition) is 0. The van der Waals surface area contributed by atoms with Gasteiger partial charge in [0, 0.05) is 0 Å². The highest BCUT2D eigenvalue weighted by Crippen LogP contribution is 2.38. The summed E-state index contributed by atoms with van der Waals surface area (Å²) in [5, 5.41) is 11.9. The van der Waals surface area contributed by atoms with E-state index < -0.39 is 43.4 Å². The van der Waals surface area contributed by atoms with Crippen LogP contribution in [-0.4, -0.2) is 37.5 Å². The normalized spacial score (nSPS) is 12.2. The van der Waals surface area contributed by atoms with E-state index >= 15 is 0 Å². The monoisotopic (exact) mass is 1020 g/mol. The van der Waals surface area contributed by atoms with E-state index in [4.69, 9.17) is 17.7 Å². The zero-order valence-corrected chi connectivity index (χ0v) is 44.0. The number of esters is 1. The molecule has 0 unspecified atom stereocenters. The average Bonchev–Trinajstić information content (AvgIpc) is 3.26. The number of alkyl halides is 3. The van der Waals surface area contributed by atoms with E-state index in [1.807, 2.05) is 36.4 Å². The van der Waals surface area contributed by atoms with Gasteiger partial charge in [0.1, 0.15) is 16.5 Å². The first-order valence-electron chi connectivity index (χ1n) is 22.2. The Morgan fingerprint density at radius 1 is 0.457 bits per heavy atom. The van der Waals surface area contributed by atoms with Crippen LogP contribution >= 0.6 is 0 Å². The van der Waals surface area contributed by atoms with Gasteiger partial charge in [0.2, 0.25) is 0 Å². The molecule has 6 rings (SSSR count). The van der Waals surface area contributed by atoms with Crippen LogP contribution in [0, 0.1) is 0 Å². The molecule has 70 heavy (non-hydrogen) atoms. The van der Waals surface area contributed by atoms with Crippen LogP contribution in [0.5, 0.6) is 0 Å². The Morgan fingerprint density at radius 3 is 0.900 bits per heavy atom. The Labute approximate surface area is 420 Å². The second-order valence-corrected chi connectivity index (χ2v) is 25.7. The molecule has 0 spiro atoms. The lowest BCUT2D eigenvalue weighted by Crippen LogP contribution is -2.25. The van der Waals surface area contributed by atoms with Gasteiger partial charge in [-0.1, -0.05) is 163 Å². The van der Waals surface area contributed by atoms with E-state index in [1.165, 1.54) is 39.2 Å². The van der Waals surface area contributed by atoms with Crippen LogP contribution in [0.1, 0.15) is 133 Å². The largest absolute Gasteiger partial charge is 0.741 e. The van der Waals surface area contributed by atoms with Crippen molar-refractivity contribution >= 4 is 43.8 Å². The molecule has 376 valence electrons. The van der Waals surface area contributed by atoms with Crippen molar-refractivity contribution in [2.75, 3.05) is 7.11 Å². The summed E-state index contributed by atoms with van der Waals surface area (Å²) < 4.78 is 64.0. The van der Waals surface area contributed by atoms with Crippen molar-refractivity contribution in [3.63, 3.8) is 0 Å². The van der Waals surface area contributed by atoms with Gasteiger partial charge < -0.3 is 19.2 Å². The van der Waals surface area contributed by atoms with Gasteiger partial charge in [-0.25, -0.2) is 13.2 Å². The fourth-order valence-corrected chi connectivity index (χ4v) is 11.2. The third kappa shape index (κ3) is 15.6. The molecule has 0 aliphatic heterocycles. The van der Waals surface area contributed by atoms with E-state index in [0.717, 1.165) is 19.6 Å². The van der Waals surface area contributed by atoms with Crippen LogP contribution in [0.4, 0.5) is 13.2 Å². The van der Waals surface area contributed by atoms with Gasteiger partial charge in [0.05, 0.1) is 29.5 Å². The van der Waals surface area contributed by atoms with E-state index in [0.29, 0.717) is 5.56 Å². The Balaban J connectivity index is 0.000000317. The summed E-state index contributed by atoms with van der Waals surface area (Å²) in [6.45, 7) is 26.5. The molecular formula is C57H67F3O7S3. The standard InChI is InChI=1S/C28H33O2S.C27H30O2S.CHF3O3S.CH4/c1-27(2,3)20-12-16-22(17-13-20)31(23-18-14-21(15-19-23)28(4,5)6)25-11-9-8-10-24(25)26(29)30-7;1-26(2,3)19-11-15-21(16-12-19)30(24-10-8-7-9-23(24)25(28)29)22-17-13-20(14-18-22)27(4,5)6;2-1(3,4)8(5,6)7;/h8-19H,1-7H3;7-18H,1-6H3;(H,5,6,7);1H4/q+1;;;/p-1. The maximum Gasteiger partial charge on any atom is 0.485 e. The van der Waals surface area contributed by atoms with Gasteiger partial charge in [-0.05, 0) is 117 Å². The van der Waals surface area contributed by atoms with Gasteiger partial charge in [0.25, 0.3) is 0 Å². The average molecular weight is 1020 g/mol. The zero-order chi connectivity index (χ0) is 51.9. The number of hydrogen-bond acceptors (Lipinski definition) is 7. The minimum Gasteiger partial charge on any atom is -0.741 e. The van der Waals surface area contributed by atoms with Crippen LogP contribution in [0.3, 0.4) is 0 Å². The number of aromatic carboxylic acids is 1. The van der Waals surface area contributed by atoms with Crippen molar-refractivity contribution in [2.24, 2.45) is 0 Å². The number of benzene rings is 6. The lowest BCUT2D eigenvalue weighted by Gasteiger charge is -2.20. The van der Waals surface area contributed by atoms with Crippen molar-refractivity contribution in [3.8, 4) is 0 Å². The summed E-state index contributed by atoms with van der Waals surface area (Å²) in [7, 11) is -5.61. The summed E-state index contributed by atoms with van der Waals surface area (Å²) in [6.07, 6.45) is 0. The van der Waals surface area contributed by atoms with Crippen molar-refractivity contribution in [3.05, 3.63) is 179 Å². The summed E-state index contributed by atoms with van der Waals surface area (Å²) in [6, 6.07) is 49.8. The zero-order valence-electron chi connectivity index (χ0n) is 41.6. The fraction of sp³-hybridized carbons (Fsp3) is 0.333. The number of carboxylic acid groups (broad SMARTS) is 1. The Bertz CT molecular complexity index is 2660. The van der Waals surface area contributed by atoms with Crippen molar-refractivity contribution < 1.29 is 45.6 Å². The highest BCUT2D eigenvalue weighted by Gasteiger charge is 2.37. The first kappa shape index (κ1) is 59.0. The van der Waals surface area contributed by atoms with Gasteiger partial charge in [-0.2, -0.15) is 13.2 Å². The molecule has 13 heteroatoms. The third-order valence-corrected chi connectivity index (χ3v) is 16.1. The van der Waals surface area contributed by atoms with Crippen LogP contribution < -0.4 is 5.11 Å². The van der Waals surface area contributed by atoms with Crippen molar-refractivity contribution in [2.45, 2.75) is 147 Å². The highest BCUT2D eigenvalue weighted by atomic mass is 32.2. The molecule has 0 saturated carbocycles. The second-order valence-electron chi connectivity index (χ2n) is 20.4. The Morgan fingerprint density at radius 2 is 0.686 bits per heavy atom. The highest BCUT2D eigenvalue weighted by molar-refractivity contribution is 7.97. The number of carbonyl (C=O) groups is 2. The Hall–Kier alpha value is -5.34. The number of carbonyl (C=O) groups excluding carboxylic acids is 2. The summed E-state index contributed by atoms with van der Waals surface area (Å²) in [5.74, 6) is -1.44. The first-order chi connectivity index (χ1) is 31.8. The maximum atomic E-state index is 12.6. The van der Waals surface area contributed by atoms with E-state index in [9.17, 15) is 27.9 Å². The predicted molar refractivity (Wildman–Crippen MR) is 276 cm³/mol. The molecule has 6 aromatic carbocycles. The topological polar surface area (TPSA) is 124 Å². The van der Waals surface area contributed by atoms with Crippen LogP contribution in [0.15, 0.2) is 175 Å². The molecule has 0 saturated heterocycles. The number of rotatable bonds is 8. The molecular weight excluding hydrogens is 950 g/mol. The summed E-state index contributed by atoms with van der Waals surface area (Å²) >= 11 is 0. The minimum absolute atomic E-state index is 0. The number of halogens is 3. The maximum absolute atomic E-state index is 12.6. The molecule has 6 aromatic rings. The Kier molecular flexibility index (Phi) is 19.6. The van der Waals surface area contributed by atoms with Gasteiger partial charge in [-0.3, -0.25) is 0 Å². The van der Waals surface area contributed by atoms with E-state index in [-0.39, 0.29) is 40.6 Å². The molecule has 0 atom stereocenters. The quantitative estimate of drug-likeness (QED) is 0.0644. The van der Waals surface area contributed by atoms with E-state index in [1.54, 1.807) is 12.1 Å². The number of ether oxygens (including phenoxy) is 1. The van der Waals surface area contributed by atoms with Crippen molar-refractivity contribution in [1.29, 1.82) is 0 Å². The number of carboxylic acids is 1. The van der Waals surface area contributed by atoms with Crippen LogP contribution in [0.2, 0.25) is 0 Å².